The highest BCUT2D eigenvalue weighted by Gasteiger charge is 2.31. The molecule has 2 fully saturated rings. The lowest BCUT2D eigenvalue weighted by Crippen LogP contribution is -2.45. The second kappa shape index (κ2) is 12.5. The predicted octanol–water partition coefficient (Wildman–Crippen LogP) is 3.52. The first-order valence-corrected chi connectivity index (χ1v) is 14.6. The number of nitrogens with one attached hydrogen (secondary N) is 2. The number of amides is 3. The van der Waals surface area contributed by atoms with E-state index >= 15 is 0 Å². The van der Waals surface area contributed by atoms with Gasteiger partial charge in [0.2, 0.25) is 17.8 Å². The van der Waals surface area contributed by atoms with Crippen molar-refractivity contribution in [2.24, 2.45) is 4.99 Å². The van der Waals surface area contributed by atoms with Gasteiger partial charge in [0, 0.05) is 30.7 Å². The van der Waals surface area contributed by atoms with Crippen LogP contribution in [-0.4, -0.2) is 80.7 Å². The van der Waals surface area contributed by atoms with Crippen LogP contribution in [0, 0.1) is 6.92 Å². The average molecular weight is 583 g/mol. The van der Waals surface area contributed by atoms with Gasteiger partial charge >= 0.3 is 0 Å². The molecule has 0 bridgehead atoms. The van der Waals surface area contributed by atoms with Crippen molar-refractivity contribution in [1.82, 2.24) is 30.1 Å². The van der Waals surface area contributed by atoms with Gasteiger partial charge in [-0.2, -0.15) is 0 Å². The first-order valence-electron chi connectivity index (χ1n) is 14.6. The number of likely N-dealkylation sites (tertiary alicyclic amines) is 2. The molecule has 43 heavy (non-hydrogen) atoms. The summed E-state index contributed by atoms with van der Waals surface area (Å²) in [4.78, 5) is 48.3. The Hall–Kier alpha value is -5.00. The molecular weight excluding hydrogens is 548 g/mol. The van der Waals surface area contributed by atoms with E-state index in [1.165, 1.54) is 10.9 Å². The lowest BCUT2D eigenvalue weighted by atomic mass is 10.1. The molecule has 2 aromatic carbocycles. The molecule has 3 amide bonds. The zero-order valence-corrected chi connectivity index (χ0v) is 24.0. The fourth-order valence-electron chi connectivity index (χ4n) is 5.55. The maximum absolute atomic E-state index is 13.7. The first-order chi connectivity index (χ1) is 20.9. The minimum atomic E-state index is -0.770. The summed E-state index contributed by atoms with van der Waals surface area (Å²) in [5, 5.41) is 15.0. The van der Waals surface area contributed by atoms with Crippen LogP contribution < -0.4 is 10.6 Å². The smallest absolute Gasteiger partial charge is 0.278 e. The topological polar surface area (TPSA) is 138 Å². The zero-order chi connectivity index (χ0) is 29.8. The minimum Gasteiger partial charge on any atom is -0.461 e. The maximum atomic E-state index is 13.7. The summed E-state index contributed by atoms with van der Waals surface area (Å²) in [5.74, 6) is 0.130. The number of hydrogen-bond donors (Lipinski definition) is 2. The van der Waals surface area contributed by atoms with E-state index in [0.717, 1.165) is 55.5 Å². The third kappa shape index (κ3) is 6.42. The van der Waals surface area contributed by atoms with Crippen molar-refractivity contribution >= 4 is 40.3 Å². The third-order valence-corrected chi connectivity index (χ3v) is 7.74. The molecule has 2 aromatic heterocycles. The van der Waals surface area contributed by atoms with Crippen molar-refractivity contribution in [2.45, 2.75) is 45.1 Å². The van der Waals surface area contributed by atoms with Gasteiger partial charge in [0.05, 0.1) is 18.4 Å². The van der Waals surface area contributed by atoms with E-state index in [1.54, 1.807) is 4.90 Å². The Morgan fingerprint density at radius 3 is 2.63 bits per heavy atom. The number of aliphatic imine (C=N–C) groups is 1. The highest BCUT2D eigenvalue weighted by molar-refractivity contribution is 6.10. The number of aromatic nitrogens is 3. The quantitative estimate of drug-likeness (QED) is 0.262. The van der Waals surface area contributed by atoms with Crippen LogP contribution in [0.15, 0.2) is 70.2 Å². The van der Waals surface area contributed by atoms with Gasteiger partial charge in [-0.3, -0.25) is 19.7 Å². The lowest BCUT2D eigenvalue weighted by Gasteiger charge is -2.25. The second-order valence-electron chi connectivity index (χ2n) is 10.9. The largest absolute Gasteiger partial charge is 0.461 e. The molecule has 12 heteroatoms. The number of anilines is 1. The summed E-state index contributed by atoms with van der Waals surface area (Å²) < 4.78 is 7.14. The number of fused-ring (bicyclic) bond motifs is 1. The van der Waals surface area contributed by atoms with Crippen LogP contribution in [0.2, 0.25) is 0 Å². The maximum Gasteiger partial charge on any atom is 0.278 e. The Balaban J connectivity index is 1.28. The summed E-state index contributed by atoms with van der Waals surface area (Å²) in [6.07, 6.45) is 5.40. The van der Waals surface area contributed by atoms with Crippen molar-refractivity contribution in [1.29, 1.82) is 0 Å². The summed E-state index contributed by atoms with van der Waals surface area (Å²) in [6, 6.07) is 15.9. The predicted molar refractivity (Wildman–Crippen MR) is 161 cm³/mol. The van der Waals surface area contributed by atoms with Gasteiger partial charge in [-0.15, -0.1) is 5.10 Å². The van der Waals surface area contributed by atoms with Crippen LogP contribution in [0.25, 0.3) is 16.7 Å². The van der Waals surface area contributed by atoms with Gasteiger partial charge in [0.15, 0.2) is 5.69 Å². The standard InChI is InChI=1S/C31H34N8O4/c1-21-17-22-18-23(12-13-27(22)43-21)33-31(35-29(41)26-19-32-36-39(26)24-9-3-2-4-10-24)34-25-11-5-6-16-38(30(25)42)20-28(40)37-14-7-8-15-37/h2-4,9-10,12-13,17-19,25H,5-8,11,14-16,20H2,1H3,(H2,33,34,35,41). The molecule has 2 saturated heterocycles. The molecule has 6 rings (SSSR count). The van der Waals surface area contributed by atoms with Gasteiger partial charge in [0.25, 0.3) is 5.91 Å². The monoisotopic (exact) mass is 582 g/mol. The lowest BCUT2D eigenvalue weighted by molar-refractivity contribution is -0.140. The molecule has 4 aromatic rings. The van der Waals surface area contributed by atoms with Crippen LogP contribution in [0.3, 0.4) is 0 Å². The third-order valence-electron chi connectivity index (χ3n) is 7.74. The number of benzene rings is 2. The highest BCUT2D eigenvalue weighted by atomic mass is 16.3. The summed E-state index contributed by atoms with van der Waals surface area (Å²) in [5.41, 5.74) is 2.27. The number of rotatable bonds is 6. The Kier molecular flexibility index (Phi) is 8.16. The van der Waals surface area contributed by atoms with Crippen LogP contribution >= 0.6 is 0 Å². The number of furan rings is 1. The minimum absolute atomic E-state index is 0.0347. The Morgan fingerprint density at radius 1 is 1.02 bits per heavy atom. The molecule has 1 atom stereocenters. The van der Waals surface area contributed by atoms with Crippen LogP contribution in [0.1, 0.15) is 48.4 Å². The zero-order valence-electron chi connectivity index (χ0n) is 24.0. The van der Waals surface area contributed by atoms with Gasteiger partial charge < -0.3 is 19.5 Å². The number of nitrogens with zero attached hydrogens (tertiary/aromatic N) is 6. The average Bonchev–Trinajstić information content (AvgIpc) is 3.77. The van der Waals surface area contributed by atoms with Crippen LogP contribution in [0.5, 0.6) is 0 Å². The number of guanidine groups is 1. The fourth-order valence-corrected chi connectivity index (χ4v) is 5.55. The molecule has 222 valence electrons. The molecule has 0 spiro atoms. The number of hydrogen-bond acceptors (Lipinski definition) is 7. The van der Waals surface area contributed by atoms with E-state index < -0.39 is 11.9 Å². The van der Waals surface area contributed by atoms with E-state index in [9.17, 15) is 14.4 Å². The summed E-state index contributed by atoms with van der Waals surface area (Å²) in [7, 11) is 0. The molecule has 2 aliphatic heterocycles. The van der Waals surface area contributed by atoms with Crippen molar-refractivity contribution in [3.63, 3.8) is 0 Å². The molecule has 0 saturated carbocycles. The second-order valence-corrected chi connectivity index (χ2v) is 10.9. The molecule has 2 N–H and O–H groups in total. The number of carbonyl (C=O) groups excluding carboxylic acids is 3. The fraction of sp³-hybridized carbons (Fsp3) is 0.355. The van der Waals surface area contributed by atoms with Crippen molar-refractivity contribution in [2.75, 3.05) is 31.5 Å². The van der Waals surface area contributed by atoms with Crippen molar-refractivity contribution < 1.29 is 18.8 Å². The normalized spacial score (nSPS) is 17.7. The molecule has 1 unspecified atom stereocenters. The molecular formula is C31H34N8O4. The van der Waals surface area contributed by atoms with Crippen molar-refractivity contribution in [3.8, 4) is 5.69 Å². The van der Waals surface area contributed by atoms with Gasteiger partial charge in [-0.1, -0.05) is 23.4 Å². The Morgan fingerprint density at radius 2 is 1.81 bits per heavy atom. The Labute approximate surface area is 248 Å². The molecule has 0 radical (unpaired) electrons. The van der Waals surface area contributed by atoms with E-state index in [4.69, 9.17) is 9.41 Å². The SMILES string of the molecule is Cc1cc2cc(NC(=NC3CCCCN(CC(=O)N4CCCC4)C3=O)NC(=O)c3cnnn3-c3ccccc3)ccc2o1. The van der Waals surface area contributed by atoms with E-state index in [-0.39, 0.29) is 30.0 Å². The molecule has 0 aliphatic carbocycles. The van der Waals surface area contributed by atoms with Crippen LogP contribution in [-0.2, 0) is 9.59 Å². The van der Waals surface area contributed by atoms with E-state index in [2.05, 4.69) is 20.9 Å². The van der Waals surface area contributed by atoms with Crippen molar-refractivity contribution in [3.05, 3.63) is 72.2 Å². The summed E-state index contributed by atoms with van der Waals surface area (Å²) >= 11 is 0. The van der Waals surface area contributed by atoms with Gasteiger partial charge in [0.1, 0.15) is 17.4 Å². The first kappa shape index (κ1) is 28.1. The highest BCUT2D eigenvalue weighted by Crippen LogP contribution is 2.23. The van der Waals surface area contributed by atoms with Gasteiger partial charge in [-0.05, 0) is 75.4 Å². The number of carbonyl (C=O) groups is 3. The van der Waals surface area contributed by atoms with Gasteiger partial charge in [-0.25, -0.2) is 9.67 Å². The van der Waals surface area contributed by atoms with Crippen LogP contribution in [0.4, 0.5) is 5.69 Å². The molecule has 12 nitrogen and oxygen atoms in total. The molecule has 2 aliphatic rings. The number of aryl methyl sites for hydroxylation is 1. The molecule has 4 heterocycles. The summed E-state index contributed by atoms with van der Waals surface area (Å²) in [6.45, 7) is 3.88. The van der Waals surface area contributed by atoms with E-state index in [1.807, 2.05) is 66.4 Å². The Bertz CT molecular complexity index is 1650. The van der Waals surface area contributed by atoms with E-state index in [0.29, 0.717) is 24.3 Å². The number of para-hydroxylation sites is 1.